The van der Waals surface area contributed by atoms with Gasteiger partial charge in [-0.05, 0) is 39.0 Å². The maximum atomic E-state index is 12.2. The van der Waals surface area contributed by atoms with Gasteiger partial charge >= 0.3 is 0 Å². The fourth-order valence-corrected chi connectivity index (χ4v) is 5.55. The Morgan fingerprint density at radius 3 is 2.52 bits per heavy atom. The molecule has 1 aliphatic heterocycles. The Kier molecular flexibility index (Phi) is 8.37. The van der Waals surface area contributed by atoms with Crippen molar-refractivity contribution in [1.82, 2.24) is 14.9 Å². The van der Waals surface area contributed by atoms with Gasteiger partial charge < -0.3 is 15.7 Å². The molecule has 1 saturated carbocycles. The van der Waals surface area contributed by atoms with E-state index in [4.69, 9.17) is 4.99 Å². The smallest absolute Gasteiger partial charge is 0.214 e. The highest BCUT2D eigenvalue weighted by Gasteiger charge is 2.35. The van der Waals surface area contributed by atoms with E-state index < -0.39 is 10.0 Å². The van der Waals surface area contributed by atoms with Crippen molar-refractivity contribution in [2.45, 2.75) is 77.9 Å². The second-order valence-corrected chi connectivity index (χ2v) is 10.3. The van der Waals surface area contributed by atoms with Crippen molar-refractivity contribution >= 4 is 16.0 Å². The van der Waals surface area contributed by atoms with E-state index in [2.05, 4.69) is 17.6 Å². The molecule has 1 saturated heterocycles. The zero-order valence-electron chi connectivity index (χ0n) is 17.2. The summed E-state index contributed by atoms with van der Waals surface area (Å²) in [7, 11) is -3.10. The summed E-state index contributed by atoms with van der Waals surface area (Å²) in [5.74, 6) is 1.00. The molecule has 27 heavy (non-hydrogen) atoms. The second kappa shape index (κ2) is 10.1. The van der Waals surface area contributed by atoms with Crippen LogP contribution in [0, 0.1) is 5.41 Å². The van der Waals surface area contributed by atoms with Crippen LogP contribution in [0.15, 0.2) is 4.99 Å². The van der Waals surface area contributed by atoms with Crippen LogP contribution in [0.2, 0.25) is 0 Å². The van der Waals surface area contributed by atoms with Crippen LogP contribution in [0.3, 0.4) is 0 Å². The fraction of sp³-hybridized carbons (Fsp3) is 0.947. The number of hydrogen-bond acceptors (Lipinski definition) is 4. The first-order chi connectivity index (χ1) is 12.8. The van der Waals surface area contributed by atoms with Gasteiger partial charge in [-0.1, -0.05) is 26.7 Å². The van der Waals surface area contributed by atoms with Crippen LogP contribution < -0.4 is 10.6 Å². The highest BCUT2D eigenvalue weighted by Crippen LogP contribution is 2.36. The topological polar surface area (TPSA) is 94.0 Å². The first kappa shape index (κ1) is 22.4. The number of aliphatic hydroxyl groups excluding tert-OH is 1. The van der Waals surface area contributed by atoms with Gasteiger partial charge in [0.05, 0.1) is 18.4 Å². The minimum absolute atomic E-state index is 0.155. The second-order valence-electron chi connectivity index (χ2n) is 8.24. The number of sulfonamides is 1. The molecule has 158 valence electrons. The zero-order valence-corrected chi connectivity index (χ0v) is 18.0. The molecule has 0 bridgehead atoms. The summed E-state index contributed by atoms with van der Waals surface area (Å²) >= 11 is 0. The molecule has 2 rings (SSSR count). The summed E-state index contributed by atoms with van der Waals surface area (Å²) in [5, 5.41) is 17.1. The number of rotatable bonds is 7. The lowest BCUT2D eigenvalue weighted by Gasteiger charge is -2.37. The average Bonchev–Trinajstić information content (AvgIpc) is 2.63. The minimum Gasteiger partial charge on any atom is -0.392 e. The van der Waals surface area contributed by atoms with Gasteiger partial charge in [0.15, 0.2) is 5.96 Å². The van der Waals surface area contributed by atoms with Crippen LogP contribution in [-0.4, -0.2) is 67.9 Å². The van der Waals surface area contributed by atoms with Crippen molar-refractivity contribution in [1.29, 1.82) is 0 Å². The third-order valence-corrected chi connectivity index (χ3v) is 7.95. The maximum Gasteiger partial charge on any atom is 0.214 e. The van der Waals surface area contributed by atoms with Crippen molar-refractivity contribution in [3.05, 3.63) is 0 Å². The molecule has 0 radical (unpaired) electrons. The molecule has 0 aromatic carbocycles. The van der Waals surface area contributed by atoms with Gasteiger partial charge in [0.2, 0.25) is 10.0 Å². The van der Waals surface area contributed by atoms with Crippen LogP contribution in [0.25, 0.3) is 0 Å². The van der Waals surface area contributed by atoms with E-state index in [0.29, 0.717) is 26.1 Å². The number of hydrogen-bond donors (Lipinski definition) is 3. The lowest BCUT2D eigenvalue weighted by Crippen LogP contribution is -2.50. The van der Waals surface area contributed by atoms with Gasteiger partial charge in [0, 0.05) is 31.1 Å². The minimum atomic E-state index is -3.10. The molecular weight excluding hydrogens is 364 g/mol. The molecule has 3 N–H and O–H groups in total. The van der Waals surface area contributed by atoms with E-state index in [9.17, 15) is 13.5 Å². The Labute approximate surface area is 165 Å². The van der Waals surface area contributed by atoms with Crippen molar-refractivity contribution in [2.75, 3.05) is 31.9 Å². The molecule has 1 heterocycles. The summed E-state index contributed by atoms with van der Waals surface area (Å²) in [6.07, 6.45) is 6.05. The number of nitrogens with zero attached hydrogens (tertiary/aromatic N) is 2. The molecule has 2 fully saturated rings. The number of piperidine rings is 1. The number of guanidine groups is 1. The predicted octanol–water partition coefficient (Wildman–Crippen LogP) is 1.69. The predicted molar refractivity (Wildman–Crippen MR) is 110 cm³/mol. The van der Waals surface area contributed by atoms with E-state index in [0.717, 1.165) is 51.0 Å². The Hall–Kier alpha value is -0.860. The maximum absolute atomic E-state index is 12.2. The third-order valence-electron chi connectivity index (χ3n) is 5.87. The molecule has 2 aliphatic rings. The summed E-state index contributed by atoms with van der Waals surface area (Å²) in [4.78, 5) is 4.75. The molecule has 8 heteroatoms. The lowest BCUT2D eigenvalue weighted by molar-refractivity contribution is 0.00715. The molecule has 0 aromatic rings. The SMILES string of the molecule is CCCS(=O)(=O)N1CCC(NC(=NCC2(C)CCCCC2O)NCC)CC1. The Bertz CT molecular complexity index is 588. The lowest BCUT2D eigenvalue weighted by atomic mass is 9.73. The quantitative estimate of drug-likeness (QED) is 0.445. The van der Waals surface area contributed by atoms with E-state index in [1.807, 2.05) is 13.8 Å². The van der Waals surface area contributed by atoms with Crippen molar-refractivity contribution in [2.24, 2.45) is 10.4 Å². The number of aliphatic imine (C=N–C) groups is 1. The van der Waals surface area contributed by atoms with Crippen molar-refractivity contribution in [3.63, 3.8) is 0 Å². The van der Waals surface area contributed by atoms with E-state index in [1.165, 1.54) is 0 Å². The molecule has 1 aliphatic carbocycles. The van der Waals surface area contributed by atoms with E-state index >= 15 is 0 Å². The number of nitrogens with one attached hydrogen (secondary N) is 2. The van der Waals surface area contributed by atoms with Gasteiger partial charge in [-0.2, -0.15) is 0 Å². The molecular formula is C19H38N4O3S. The monoisotopic (exact) mass is 402 g/mol. The molecule has 2 unspecified atom stereocenters. The van der Waals surface area contributed by atoms with Gasteiger partial charge in [0.25, 0.3) is 0 Å². The molecule has 0 aromatic heterocycles. The van der Waals surface area contributed by atoms with E-state index in [-0.39, 0.29) is 23.3 Å². The van der Waals surface area contributed by atoms with Gasteiger partial charge in [-0.3, -0.25) is 4.99 Å². The van der Waals surface area contributed by atoms with Crippen LogP contribution in [0.5, 0.6) is 0 Å². The fourth-order valence-electron chi connectivity index (χ4n) is 4.00. The standard InChI is InChI=1S/C19H38N4O3S/c1-4-14-27(25,26)23-12-9-16(10-13-23)22-18(20-5-2)21-15-19(3)11-7-6-8-17(19)24/h16-17,24H,4-15H2,1-3H3,(H2,20,21,22). The highest BCUT2D eigenvalue weighted by molar-refractivity contribution is 7.89. The van der Waals surface area contributed by atoms with Crippen LogP contribution in [0.4, 0.5) is 0 Å². The molecule has 0 spiro atoms. The van der Waals surface area contributed by atoms with Crippen LogP contribution in [-0.2, 0) is 10.0 Å². The van der Waals surface area contributed by atoms with Crippen LogP contribution in [0.1, 0.15) is 65.7 Å². The highest BCUT2D eigenvalue weighted by atomic mass is 32.2. The van der Waals surface area contributed by atoms with Gasteiger partial charge in [0.1, 0.15) is 0 Å². The van der Waals surface area contributed by atoms with E-state index in [1.54, 1.807) is 4.31 Å². The summed E-state index contributed by atoms with van der Waals surface area (Å²) in [5.41, 5.74) is -0.155. The van der Waals surface area contributed by atoms with Gasteiger partial charge in [-0.25, -0.2) is 12.7 Å². The largest absolute Gasteiger partial charge is 0.392 e. The number of aliphatic hydroxyl groups is 1. The Morgan fingerprint density at radius 2 is 1.93 bits per heavy atom. The molecule has 0 amide bonds. The Balaban J connectivity index is 1.91. The summed E-state index contributed by atoms with van der Waals surface area (Å²) in [6.45, 7) is 8.57. The first-order valence-corrected chi connectivity index (χ1v) is 12.1. The average molecular weight is 403 g/mol. The summed E-state index contributed by atoms with van der Waals surface area (Å²) < 4.78 is 26.0. The molecule has 2 atom stereocenters. The van der Waals surface area contributed by atoms with Gasteiger partial charge in [-0.15, -0.1) is 0 Å². The van der Waals surface area contributed by atoms with Crippen LogP contribution >= 0.6 is 0 Å². The first-order valence-electron chi connectivity index (χ1n) is 10.5. The van der Waals surface area contributed by atoms with Crippen molar-refractivity contribution in [3.8, 4) is 0 Å². The Morgan fingerprint density at radius 1 is 1.22 bits per heavy atom. The summed E-state index contributed by atoms with van der Waals surface area (Å²) in [6, 6.07) is 0.222. The third kappa shape index (κ3) is 6.32. The molecule has 7 nitrogen and oxygen atoms in total. The normalized spacial score (nSPS) is 28.9. The zero-order chi connectivity index (χ0) is 19.9. The van der Waals surface area contributed by atoms with Crippen molar-refractivity contribution < 1.29 is 13.5 Å².